The van der Waals surface area contributed by atoms with Gasteiger partial charge in [0.2, 0.25) is 10.0 Å². The van der Waals surface area contributed by atoms with Crippen LogP contribution in [0.25, 0.3) is 0 Å². The van der Waals surface area contributed by atoms with E-state index in [-0.39, 0.29) is 24.6 Å². The second-order valence-electron chi connectivity index (χ2n) is 6.75. The van der Waals surface area contributed by atoms with Gasteiger partial charge in [0.25, 0.3) is 5.91 Å². The van der Waals surface area contributed by atoms with Crippen molar-refractivity contribution in [2.24, 2.45) is 5.92 Å². The fraction of sp³-hybridized carbons (Fsp3) is 0.350. The van der Waals surface area contributed by atoms with Crippen molar-refractivity contribution in [2.75, 3.05) is 31.3 Å². The number of nitrogens with one attached hydrogen (secondary N) is 1. The summed E-state index contributed by atoms with van der Waals surface area (Å²) in [6.07, 6.45) is 5.47. The minimum absolute atomic E-state index is 0.133. The van der Waals surface area contributed by atoms with Crippen LogP contribution in [0.2, 0.25) is 0 Å². The lowest BCUT2D eigenvalue weighted by atomic mass is 9.98. The molecule has 30 heavy (non-hydrogen) atoms. The molecule has 10 heteroatoms. The second-order valence-corrected chi connectivity index (χ2v) is 9.57. The number of ether oxygens (including phenoxy) is 1. The third-order valence-electron chi connectivity index (χ3n) is 4.78. The molecule has 0 bridgehead atoms. The molecule has 0 spiro atoms. The van der Waals surface area contributed by atoms with Crippen molar-refractivity contribution in [3.63, 3.8) is 0 Å². The van der Waals surface area contributed by atoms with Gasteiger partial charge in [0, 0.05) is 36.1 Å². The Bertz CT molecular complexity index is 973. The van der Waals surface area contributed by atoms with Gasteiger partial charge in [-0.1, -0.05) is 0 Å². The number of thioether (sulfide) groups is 1. The van der Waals surface area contributed by atoms with Crippen LogP contribution < -0.4 is 5.32 Å². The first-order valence-corrected chi connectivity index (χ1v) is 12.1. The van der Waals surface area contributed by atoms with E-state index in [2.05, 4.69) is 10.3 Å². The molecule has 1 fully saturated rings. The van der Waals surface area contributed by atoms with Gasteiger partial charge < -0.3 is 10.1 Å². The van der Waals surface area contributed by atoms with E-state index in [4.69, 9.17) is 4.74 Å². The molecule has 1 amide bonds. The first kappa shape index (κ1) is 22.3. The number of benzene rings is 1. The van der Waals surface area contributed by atoms with Crippen LogP contribution in [0.5, 0.6) is 0 Å². The number of anilines is 1. The van der Waals surface area contributed by atoms with E-state index in [9.17, 15) is 18.0 Å². The van der Waals surface area contributed by atoms with E-state index in [1.54, 1.807) is 30.0 Å². The monoisotopic (exact) mass is 449 g/mol. The Balaban J connectivity index is 1.45. The van der Waals surface area contributed by atoms with Crippen LogP contribution in [0.4, 0.5) is 5.69 Å². The number of amides is 1. The van der Waals surface area contributed by atoms with Gasteiger partial charge in [-0.3, -0.25) is 14.6 Å². The van der Waals surface area contributed by atoms with Crippen LogP contribution in [0.15, 0.2) is 58.6 Å². The molecular formula is C20H23N3O5S2. The Morgan fingerprint density at radius 1 is 1.20 bits per heavy atom. The normalized spacial score (nSPS) is 15.5. The highest BCUT2D eigenvalue weighted by atomic mass is 32.2. The van der Waals surface area contributed by atoms with Gasteiger partial charge in [-0.2, -0.15) is 4.31 Å². The molecule has 0 saturated carbocycles. The van der Waals surface area contributed by atoms with Gasteiger partial charge in [-0.25, -0.2) is 8.42 Å². The topological polar surface area (TPSA) is 106 Å². The maximum absolute atomic E-state index is 12.6. The molecule has 1 aliphatic rings. The minimum atomic E-state index is -3.62. The second kappa shape index (κ2) is 10.1. The predicted molar refractivity (Wildman–Crippen MR) is 114 cm³/mol. The van der Waals surface area contributed by atoms with Crippen molar-refractivity contribution in [1.82, 2.24) is 9.29 Å². The molecular weight excluding hydrogens is 426 g/mol. The van der Waals surface area contributed by atoms with Crippen LogP contribution in [-0.2, 0) is 24.3 Å². The highest BCUT2D eigenvalue weighted by Crippen LogP contribution is 2.24. The molecule has 8 nitrogen and oxygen atoms in total. The average molecular weight is 450 g/mol. The standard InChI is InChI=1S/C20H23N3O5S2/c1-29-17-6-4-16(5-7-17)22-19(24)14-28-20(25)15-8-11-23(12-9-15)30(26,27)18-3-2-10-21-13-18/h2-7,10,13,15H,8-9,11-12,14H2,1H3,(H,22,24). The molecule has 0 aliphatic carbocycles. The minimum Gasteiger partial charge on any atom is -0.455 e. The zero-order chi connectivity index (χ0) is 21.6. The van der Waals surface area contributed by atoms with E-state index in [1.165, 1.54) is 22.8 Å². The van der Waals surface area contributed by atoms with Crippen LogP contribution in [0.1, 0.15) is 12.8 Å². The van der Waals surface area contributed by atoms with Gasteiger partial charge in [0.1, 0.15) is 4.90 Å². The van der Waals surface area contributed by atoms with Crippen LogP contribution in [0.3, 0.4) is 0 Å². The summed E-state index contributed by atoms with van der Waals surface area (Å²) in [5.41, 5.74) is 0.628. The number of nitrogens with zero attached hydrogens (tertiary/aromatic N) is 2. The third kappa shape index (κ3) is 5.59. The molecule has 1 aromatic heterocycles. The lowest BCUT2D eigenvalue weighted by Gasteiger charge is -2.29. The largest absolute Gasteiger partial charge is 0.455 e. The number of hydrogen-bond acceptors (Lipinski definition) is 7. The molecule has 1 N–H and O–H groups in total. The van der Waals surface area contributed by atoms with Crippen molar-refractivity contribution >= 4 is 39.3 Å². The zero-order valence-electron chi connectivity index (χ0n) is 16.5. The van der Waals surface area contributed by atoms with E-state index >= 15 is 0 Å². The number of carbonyl (C=O) groups excluding carboxylic acids is 2. The number of piperidine rings is 1. The van der Waals surface area contributed by atoms with Gasteiger partial charge in [0.15, 0.2) is 6.61 Å². The van der Waals surface area contributed by atoms with Gasteiger partial charge >= 0.3 is 5.97 Å². The lowest BCUT2D eigenvalue weighted by Crippen LogP contribution is -2.40. The van der Waals surface area contributed by atoms with E-state index < -0.39 is 27.8 Å². The van der Waals surface area contributed by atoms with Gasteiger partial charge in [-0.15, -0.1) is 11.8 Å². The average Bonchev–Trinajstić information content (AvgIpc) is 2.78. The summed E-state index contributed by atoms with van der Waals surface area (Å²) >= 11 is 1.60. The summed E-state index contributed by atoms with van der Waals surface area (Å²) in [4.78, 5) is 29.4. The molecule has 160 valence electrons. The van der Waals surface area contributed by atoms with E-state index in [1.807, 2.05) is 18.4 Å². The van der Waals surface area contributed by atoms with Crippen LogP contribution >= 0.6 is 11.8 Å². The summed E-state index contributed by atoms with van der Waals surface area (Å²) in [6, 6.07) is 10.4. The Morgan fingerprint density at radius 3 is 2.50 bits per heavy atom. The molecule has 1 aliphatic heterocycles. The molecule has 0 unspecified atom stereocenters. The van der Waals surface area contributed by atoms with Gasteiger partial charge in [0.05, 0.1) is 5.92 Å². The number of esters is 1. The lowest BCUT2D eigenvalue weighted by molar-refractivity contribution is -0.152. The van der Waals surface area contributed by atoms with Crippen molar-refractivity contribution in [3.05, 3.63) is 48.8 Å². The van der Waals surface area contributed by atoms with Crippen LogP contribution in [-0.4, -0.2) is 55.5 Å². The van der Waals surface area contributed by atoms with Crippen LogP contribution in [0, 0.1) is 5.92 Å². The number of carbonyl (C=O) groups is 2. The maximum atomic E-state index is 12.6. The van der Waals surface area contributed by atoms with Crippen molar-refractivity contribution in [1.29, 1.82) is 0 Å². The van der Waals surface area contributed by atoms with E-state index in [0.29, 0.717) is 18.5 Å². The van der Waals surface area contributed by atoms with Crippen molar-refractivity contribution < 1.29 is 22.7 Å². The molecule has 0 radical (unpaired) electrons. The third-order valence-corrected chi connectivity index (χ3v) is 7.40. The highest BCUT2D eigenvalue weighted by molar-refractivity contribution is 7.98. The predicted octanol–water partition coefficient (Wildman–Crippen LogP) is 2.39. The smallest absolute Gasteiger partial charge is 0.309 e. The summed E-state index contributed by atoms with van der Waals surface area (Å²) in [5, 5.41) is 2.68. The fourth-order valence-corrected chi connectivity index (χ4v) is 4.95. The summed E-state index contributed by atoms with van der Waals surface area (Å²) < 4.78 is 31.7. The number of sulfonamides is 1. The number of hydrogen-bond donors (Lipinski definition) is 1. The molecule has 2 aromatic rings. The first-order valence-electron chi connectivity index (χ1n) is 9.41. The summed E-state index contributed by atoms with van der Waals surface area (Å²) in [7, 11) is -3.62. The van der Waals surface area contributed by atoms with Crippen molar-refractivity contribution in [2.45, 2.75) is 22.6 Å². The maximum Gasteiger partial charge on any atom is 0.309 e. The van der Waals surface area contributed by atoms with E-state index in [0.717, 1.165) is 4.90 Å². The van der Waals surface area contributed by atoms with Crippen molar-refractivity contribution in [3.8, 4) is 0 Å². The molecule has 0 atom stereocenters. The summed E-state index contributed by atoms with van der Waals surface area (Å²) in [6.45, 7) is 0.0489. The zero-order valence-corrected chi connectivity index (χ0v) is 18.1. The molecule has 2 heterocycles. The Kier molecular flexibility index (Phi) is 7.46. The Morgan fingerprint density at radius 2 is 1.90 bits per heavy atom. The molecule has 3 rings (SSSR count). The molecule has 1 aromatic carbocycles. The Labute approximate surface area is 180 Å². The SMILES string of the molecule is CSc1ccc(NC(=O)COC(=O)C2CCN(S(=O)(=O)c3cccnc3)CC2)cc1. The molecule has 1 saturated heterocycles. The Hall–Kier alpha value is -2.43. The highest BCUT2D eigenvalue weighted by Gasteiger charge is 2.33. The van der Waals surface area contributed by atoms with Gasteiger partial charge in [-0.05, 0) is 55.5 Å². The quantitative estimate of drug-likeness (QED) is 0.511. The first-order chi connectivity index (χ1) is 14.4. The number of rotatable bonds is 7. The number of aromatic nitrogens is 1. The number of pyridine rings is 1. The fourth-order valence-electron chi connectivity index (χ4n) is 3.11. The summed E-state index contributed by atoms with van der Waals surface area (Å²) in [5.74, 6) is -1.34.